The van der Waals surface area contributed by atoms with Crippen LogP contribution in [0.3, 0.4) is 0 Å². The summed E-state index contributed by atoms with van der Waals surface area (Å²) in [5.74, 6) is 1.64. The topological polar surface area (TPSA) is 30.2 Å². The Kier molecular flexibility index (Phi) is 3.80. The van der Waals surface area contributed by atoms with Gasteiger partial charge in [0.25, 0.3) is 5.30 Å². The molecule has 0 saturated carbocycles. The molecule has 4 aromatic rings. The van der Waals surface area contributed by atoms with Gasteiger partial charge in [0, 0.05) is 30.6 Å². The summed E-state index contributed by atoms with van der Waals surface area (Å²) in [5, 5.41) is 1.75. The first-order valence-electron chi connectivity index (χ1n) is 8.84. The van der Waals surface area contributed by atoms with Crippen LogP contribution in [0.5, 0.6) is 0 Å². The van der Waals surface area contributed by atoms with Gasteiger partial charge in [0.1, 0.15) is 5.76 Å². The molecule has 0 N–H and O–H groups in total. The molecular formula is C22H18O2PS2+. The summed E-state index contributed by atoms with van der Waals surface area (Å²) in [7, 11) is -1.65. The number of fused-ring (bicyclic) bond motifs is 3. The smallest absolute Gasteiger partial charge is 0.420 e. The molecule has 5 heteroatoms. The molecule has 4 heterocycles. The van der Waals surface area contributed by atoms with E-state index in [1.165, 1.54) is 19.5 Å². The highest BCUT2D eigenvalue weighted by Crippen LogP contribution is 2.50. The number of rotatable bonds is 2. The van der Waals surface area contributed by atoms with Crippen molar-refractivity contribution in [1.82, 2.24) is 0 Å². The maximum absolute atomic E-state index is 13.4. The summed E-state index contributed by atoms with van der Waals surface area (Å²) < 4.78 is 19.9. The van der Waals surface area contributed by atoms with Gasteiger partial charge in [-0.05, 0) is 52.0 Å². The van der Waals surface area contributed by atoms with Gasteiger partial charge < -0.3 is 4.42 Å². The van der Waals surface area contributed by atoms with E-state index in [2.05, 4.69) is 39.8 Å². The molecule has 134 valence electrons. The Hall–Kier alpha value is -2.00. The minimum atomic E-state index is -1.65. The third-order valence-corrected chi connectivity index (χ3v) is 8.64. The van der Waals surface area contributed by atoms with Gasteiger partial charge >= 0.3 is 7.80 Å². The first-order chi connectivity index (χ1) is 13.0. The largest absolute Gasteiger partial charge is 0.450 e. The van der Waals surface area contributed by atoms with E-state index in [0.717, 1.165) is 44.4 Å². The standard InChI is InChI=1S/C22H18O2PS2/c1-11-9-16(13(3)26-11)19-20(17-10-12(2)27-14(17)4)24-21-15-7-5-6-8-18(15)25(23)22(19)21/h5-10H,1-4H3/q+1. The van der Waals surface area contributed by atoms with Crippen LogP contribution in [-0.2, 0) is 4.57 Å². The Balaban J connectivity index is 1.89. The lowest BCUT2D eigenvalue weighted by atomic mass is 10.0. The second-order valence-electron chi connectivity index (χ2n) is 6.95. The van der Waals surface area contributed by atoms with E-state index in [1.807, 2.05) is 24.3 Å². The third-order valence-electron chi connectivity index (χ3n) is 5.05. The van der Waals surface area contributed by atoms with E-state index < -0.39 is 7.80 Å². The molecule has 1 atom stereocenters. The van der Waals surface area contributed by atoms with E-state index in [9.17, 15) is 4.57 Å². The van der Waals surface area contributed by atoms with Crippen LogP contribution in [0.1, 0.15) is 19.5 Å². The van der Waals surface area contributed by atoms with Crippen molar-refractivity contribution in [3.05, 3.63) is 55.9 Å². The fourth-order valence-electron chi connectivity index (χ4n) is 3.94. The minimum Gasteiger partial charge on any atom is -0.450 e. The van der Waals surface area contributed by atoms with Crippen LogP contribution < -0.4 is 10.6 Å². The summed E-state index contributed by atoms with van der Waals surface area (Å²) in [6, 6.07) is 12.3. The first kappa shape index (κ1) is 17.1. The first-order valence-corrected chi connectivity index (χ1v) is 11.7. The van der Waals surface area contributed by atoms with Crippen molar-refractivity contribution in [1.29, 1.82) is 0 Å². The second kappa shape index (κ2) is 6.00. The lowest BCUT2D eigenvalue weighted by Gasteiger charge is -2.02. The van der Waals surface area contributed by atoms with Gasteiger partial charge in [-0.25, -0.2) is 0 Å². The highest BCUT2D eigenvalue weighted by atomic mass is 32.1. The average molecular weight is 409 g/mol. The zero-order valence-corrected chi connectivity index (χ0v) is 18.1. The predicted octanol–water partition coefficient (Wildman–Crippen LogP) is 6.73. The summed E-state index contributed by atoms with van der Waals surface area (Å²) in [4.78, 5) is 4.98. The zero-order chi connectivity index (χ0) is 18.9. The Morgan fingerprint density at radius 1 is 0.815 bits per heavy atom. The Morgan fingerprint density at radius 3 is 2.07 bits per heavy atom. The van der Waals surface area contributed by atoms with Crippen LogP contribution in [0, 0.1) is 27.7 Å². The molecule has 1 aliphatic rings. The number of furan rings is 1. The summed E-state index contributed by atoms with van der Waals surface area (Å²) >= 11 is 3.55. The predicted molar refractivity (Wildman–Crippen MR) is 117 cm³/mol. The van der Waals surface area contributed by atoms with Crippen molar-refractivity contribution in [2.45, 2.75) is 27.7 Å². The minimum absolute atomic E-state index is 0.781. The molecule has 5 rings (SSSR count). The van der Waals surface area contributed by atoms with Crippen LogP contribution >= 0.6 is 30.5 Å². The number of aryl methyl sites for hydroxylation is 4. The number of benzene rings is 1. The van der Waals surface area contributed by atoms with Crippen molar-refractivity contribution < 1.29 is 8.98 Å². The van der Waals surface area contributed by atoms with Crippen molar-refractivity contribution >= 4 is 41.1 Å². The molecule has 1 unspecified atom stereocenters. The SMILES string of the molecule is Cc1cc(-c2oc3c(c2-c2cc(C)sc2C)[P+](=O)c2ccccc2-3)c(C)s1. The van der Waals surface area contributed by atoms with E-state index >= 15 is 0 Å². The van der Waals surface area contributed by atoms with Gasteiger partial charge in [-0.15, -0.1) is 22.7 Å². The van der Waals surface area contributed by atoms with Crippen LogP contribution in [0.2, 0.25) is 0 Å². The molecule has 0 amide bonds. The van der Waals surface area contributed by atoms with Crippen LogP contribution in [-0.4, -0.2) is 0 Å². The molecule has 0 radical (unpaired) electrons. The molecule has 0 spiro atoms. The summed E-state index contributed by atoms with van der Waals surface area (Å²) in [5.41, 5.74) is 4.25. The zero-order valence-electron chi connectivity index (χ0n) is 15.5. The maximum atomic E-state index is 13.4. The van der Waals surface area contributed by atoms with Gasteiger partial charge in [-0.1, -0.05) is 16.7 Å². The van der Waals surface area contributed by atoms with Gasteiger partial charge in [0.2, 0.25) is 5.30 Å². The maximum Gasteiger partial charge on any atom is 0.420 e. The molecule has 0 aliphatic carbocycles. The van der Waals surface area contributed by atoms with Crippen molar-refractivity contribution in [2.24, 2.45) is 0 Å². The van der Waals surface area contributed by atoms with E-state index in [0.29, 0.717) is 0 Å². The van der Waals surface area contributed by atoms with Crippen LogP contribution in [0.15, 0.2) is 40.8 Å². The molecular weight excluding hydrogens is 391 g/mol. The Bertz CT molecular complexity index is 1240. The molecule has 3 aromatic heterocycles. The molecule has 2 nitrogen and oxygen atoms in total. The summed E-state index contributed by atoms with van der Waals surface area (Å²) in [6.07, 6.45) is 0. The normalized spacial score (nSPS) is 13.9. The van der Waals surface area contributed by atoms with Crippen molar-refractivity contribution in [2.75, 3.05) is 0 Å². The molecule has 0 bridgehead atoms. The number of thiophene rings is 2. The van der Waals surface area contributed by atoms with E-state index in [4.69, 9.17) is 4.42 Å². The number of hydrogen-bond acceptors (Lipinski definition) is 4. The molecule has 1 aliphatic heterocycles. The molecule has 1 aromatic carbocycles. The van der Waals surface area contributed by atoms with Crippen molar-refractivity contribution in [3.63, 3.8) is 0 Å². The Labute approximate surface area is 167 Å². The van der Waals surface area contributed by atoms with Gasteiger partial charge in [0.05, 0.1) is 11.1 Å². The molecule has 0 saturated heterocycles. The Morgan fingerprint density at radius 2 is 1.44 bits per heavy atom. The summed E-state index contributed by atoms with van der Waals surface area (Å²) in [6.45, 7) is 8.50. The monoisotopic (exact) mass is 409 g/mol. The van der Waals surface area contributed by atoms with Gasteiger partial charge in [0.15, 0.2) is 5.76 Å². The molecule has 27 heavy (non-hydrogen) atoms. The van der Waals surface area contributed by atoms with Crippen molar-refractivity contribution in [3.8, 4) is 33.8 Å². The van der Waals surface area contributed by atoms with Crippen LogP contribution in [0.25, 0.3) is 33.8 Å². The third kappa shape index (κ3) is 2.44. The lowest BCUT2D eigenvalue weighted by Crippen LogP contribution is -2.01. The highest BCUT2D eigenvalue weighted by molar-refractivity contribution is 7.63. The second-order valence-corrected chi connectivity index (χ2v) is 11.4. The fourth-order valence-corrected chi connectivity index (χ4v) is 7.42. The van der Waals surface area contributed by atoms with Gasteiger partial charge in [-0.2, -0.15) is 0 Å². The lowest BCUT2D eigenvalue weighted by molar-refractivity contribution is 0.597. The van der Waals surface area contributed by atoms with E-state index in [-0.39, 0.29) is 0 Å². The molecule has 0 fully saturated rings. The average Bonchev–Trinajstić information content (AvgIpc) is 3.33. The fraction of sp³-hybridized carbons (Fsp3) is 0.182. The quantitative estimate of drug-likeness (QED) is 0.303. The number of hydrogen-bond donors (Lipinski definition) is 0. The van der Waals surface area contributed by atoms with Gasteiger partial charge in [-0.3, -0.25) is 0 Å². The highest BCUT2D eigenvalue weighted by Gasteiger charge is 2.47. The van der Waals surface area contributed by atoms with Crippen LogP contribution in [0.4, 0.5) is 0 Å². The van der Waals surface area contributed by atoms with E-state index in [1.54, 1.807) is 22.7 Å².